The minimum absolute atomic E-state index is 0. The van der Waals surface area contributed by atoms with Gasteiger partial charge in [-0.15, -0.1) is 24.8 Å². The Bertz CT molecular complexity index is 387. The third kappa shape index (κ3) is 5.60. The van der Waals surface area contributed by atoms with Crippen LogP contribution in [-0.4, -0.2) is 41.9 Å². The molecule has 1 aromatic rings. The van der Waals surface area contributed by atoms with Crippen molar-refractivity contribution < 1.29 is 0 Å². The zero-order chi connectivity index (χ0) is 13.1. The quantitative estimate of drug-likeness (QED) is 0.783. The number of nitrogens with zero attached hydrogens (tertiary/aromatic N) is 3. The molecule has 2 rings (SSSR count). The van der Waals surface area contributed by atoms with Crippen LogP contribution in [0.15, 0.2) is 6.07 Å². The Morgan fingerprint density at radius 2 is 2.00 bits per heavy atom. The van der Waals surface area contributed by atoms with E-state index in [1.165, 1.54) is 24.2 Å². The summed E-state index contributed by atoms with van der Waals surface area (Å²) in [6.45, 7) is 7.42. The van der Waals surface area contributed by atoms with Gasteiger partial charge in [-0.1, -0.05) is 0 Å². The van der Waals surface area contributed by atoms with Crippen molar-refractivity contribution in [1.82, 2.24) is 20.0 Å². The van der Waals surface area contributed by atoms with Crippen LogP contribution in [0.1, 0.15) is 50.0 Å². The molecule has 0 aromatic carbocycles. The maximum Gasteiger partial charge on any atom is 0.0659 e. The molecule has 1 heterocycles. The van der Waals surface area contributed by atoms with E-state index in [0.29, 0.717) is 6.04 Å². The van der Waals surface area contributed by atoms with Crippen molar-refractivity contribution in [1.29, 1.82) is 0 Å². The second-order valence-electron chi connectivity index (χ2n) is 5.85. The molecule has 0 atom stereocenters. The predicted molar refractivity (Wildman–Crippen MR) is 89.3 cm³/mol. The highest BCUT2D eigenvalue weighted by atomic mass is 35.5. The number of likely N-dealkylation sites (N-methyl/N-ethyl adjacent to an activating group) is 1. The van der Waals surface area contributed by atoms with Crippen LogP contribution in [0.3, 0.4) is 0 Å². The maximum absolute atomic E-state index is 4.75. The summed E-state index contributed by atoms with van der Waals surface area (Å²) in [6.07, 6.45) is 2.64. The highest BCUT2D eigenvalue weighted by Gasteiger charge is 2.27. The van der Waals surface area contributed by atoms with Gasteiger partial charge < -0.3 is 10.2 Å². The van der Waals surface area contributed by atoms with Gasteiger partial charge in [0, 0.05) is 31.6 Å². The Morgan fingerprint density at radius 3 is 2.50 bits per heavy atom. The second kappa shape index (κ2) is 8.88. The van der Waals surface area contributed by atoms with E-state index >= 15 is 0 Å². The van der Waals surface area contributed by atoms with Crippen LogP contribution >= 0.6 is 24.8 Å². The lowest BCUT2D eigenvalue weighted by atomic mass is 10.2. The van der Waals surface area contributed by atoms with Gasteiger partial charge in [0.25, 0.3) is 0 Å². The van der Waals surface area contributed by atoms with E-state index < -0.39 is 0 Å². The zero-order valence-electron chi connectivity index (χ0n) is 12.9. The summed E-state index contributed by atoms with van der Waals surface area (Å²) in [7, 11) is 4.20. The minimum Gasteiger partial charge on any atom is -0.310 e. The van der Waals surface area contributed by atoms with Crippen LogP contribution in [0.2, 0.25) is 0 Å². The van der Waals surface area contributed by atoms with Crippen LogP contribution in [0, 0.1) is 0 Å². The first kappa shape index (κ1) is 19.7. The van der Waals surface area contributed by atoms with Crippen molar-refractivity contribution >= 4 is 24.8 Å². The number of halogens is 2. The molecule has 1 aliphatic rings. The Hall–Kier alpha value is -0.290. The van der Waals surface area contributed by atoms with Crippen LogP contribution in [0.4, 0.5) is 0 Å². The molecular weight excluding hydrogens is 295 g/mol. The minimum atomic E-state index is 0. The van der Waals surface area contributed by atoms with Crippen LogP contribution < -0.4 is 5.32 Å². The standard InChI is InChI=1S/C14H26N4.2ClH/c1-11(2)18-13(10-15-7-8-17(3)4)9-14(16-18)12-5-6-12;;/h9,11-12,15H,5-8,10H2,1-4H3;2*1H. The summed E-state index contributed by atoms with van der Waals surface area (Å²) in [5, 5.41) is 8.25. The number of rotatable bonds is 7. The molecule has 0 bridgehead atoms. The van der Waals surface area contributed by atoms with Gasteiger partial charge in [0.15, 0.2) is 0 Å². The van der Waals surface area contributed by atoms with Gasteiger partial charge in [0.1, 0.15) is 0 Å². The average molecular weight is 323 g/mol. The van der Waals surface area contributed by atoms with Gasteiger partial charge in [-0.25, -0.2) is 0 Å². The van der Waals surface area contributed by atoms with E-state index in [2.05, 4.69) is 48.9 Å². The smallest absolute Gasteiger partial charge is 0.0659 e. The molecule has 1 N–H and O–H groups in total. The molecule has 1 aliphatic carbocycles. The lowest BCUT2D eigenvalue weighted by Crippen LogP contribution is -2.27. The summed E-state index contributed by atoms with van der Waals surface area (Å²) >= 11 is 0. The predicted octanol–water partition coefficient (Wildman–Crippen LogP) is 2.84. The molecular formula is C14H28Cl2N4. The van der Waals surface area contributed by atoms with Gasteiger partial charge in [0.2, 0.25) is 0 Å². The second-order valence-corrected chi connectivity index (χ2v) is 5.85. The van der Waals surface area contributed by atoms with Gasteiger partial charge in [-0.2, -0.15) is 5.10 Å². The number of aromatic nitrogens is 2. The Balaban J connectivity index is 0.00000180. The number of hydrogen-bond donors (Lipinski definition) is 1. The molecule has 4 nitrogen and oxygen atoms in total. The average Bonchev–Trinajstić information content (AvgIpc) is 3.05. The molecule has 6 heteroatoms. The third-order valence-electron chi connectivity index (χ3n) is 3.36. The fourth-order valence-electron chi connectivity index (χ4n) is 2.13. The fourth-order valence-corrected chi connectivity index (χ4v) is 2.13. The van der Waals surface area contributed by atoms with E-state index in [9.17, 15) is 0 Å². The molecule has 1 aromatic heterocycles. The topological polar surface area (TPSA) is 33.1 Å². The molecule has 1 saturated carbocycles. The highest BCUT2D eigenvalue weighted by molar-refractivity contribution is 5.85. The van der Waals surface area contributed by atoms with Crippen LogP contribution in [0.5, 0.6) is 0 Å². The Labute approximate surface area is 135 Å². The monoisotopic (exact) mass is 322 g/mol. The first-order valence-corrected chi connectivity index (χ1v) is 7.01. The van der Waals surface area contributed by atoms with Crippen molar-refractivity contribution in [3.63, 3.8) is 0 Å². The molecule has 0 unspecified atom stereocenters. The largest absolute Gasteiger partial charge is 0.310 e. The normalized spacial score (nSPS) is 14.3. The Kier molecular flexibility index (Phi) is 8.75. The van der Waals surface area contributed by atoms with E-state index in [0.717, 1.165) is 25.6 Å². The van der Waals surface area contributed by atoms with Crippen molar-refractivity contribution in [2.75, 3.05) is 27.2 Å². The molecule has 1 fully saturated rings. The summed E-state index contributed by atoms with van der Waals surface area (Å²) in [4.78, 5) is 2.20. The van der Waals surface area contributed by atoms with E-state index in [4.69, 9.17) is 5.10 Å². The van der Waals surface area contributed by atoms with Gasteiger partial charge in [-0.3, -0.25) is 4.68 Å². The van der Waals surface area contributed by atoms with E-state index in [-0.39, 0.29) is 24.8 Å². The third-order valence-corrected chi connectivity index (χ3v) is 3.36. The van der Waals surface area contributed by atoms with Crippen molar-refractivity contribution in [2.45, 2.75) is 45.2 Å². The van der Waals surface area contributed by atoms with Crippen molar-refractivity contribution in [3.05, 3.63) is 17.5 Å². The highest BCUT2D eigenvalue weighted by Crippen LogP contribution is 2.39. The molecule has 20 heavy (non-hydrogen) atoms. The lowest BCUT2D eigenvalue weighted by Gasteiger charge is -2.13. The Morgan fingerprint density at radius 1 is 1.35 bits per heavy atom. The first-order valence-electron chi connectivity index (χ1n) is 7.01. The molecule has 0 aliphatic heterocycles. The summed E-state index contributed by atoms with van der Waals surface area (Å²) in [5.74, 6) is 0.741. The molecule has 0 radical (unpaired) electrons. The molecule has 118 valence electrons. The summed E-state index contributed by atoms with van der Waals surface area (Å²) < 4.78 is 2.18. The number of nitrogens with one attached hydrogen (secondary N) is 1. The van der Waals surface area contributed by atoms with E-state index in [1.54, 1.807) is 0 Å². The summed E-state index contributed by atoms with van der Waals surface area (Å²) in [5.41, 5.74) is 2.62. The number of hydrogen-bond acceptors (Lipinski definition) is 3. The van der Waals surface area contributed by atoms with Crippen molar-refractivity contribution in [2.24, 2.45) is 0 Å². The van der Waals surface area contributed by atoms with Crippen molar-refractivity contribution in [3.8, 4) is 0 Å². The summed E-state index contributed by atoms with van der Waals surface area (Å²) in [6, 6.07) is 2.74. The SMILES string of the molecule is CC(C)n1nc(C2CC2)cc1CNCCN(C)C.Cl.Cl. The lowest BCUT2D eigenvalue weighted by molar-refractivity contribution is 0.396. The van der Waals surface area contributed by atoms with Crippen LogP contribution in [-0.2, 0) is 6.54 Å². The molecule has 0 saturated heterocycles. The maximum atomic E-state index is 4.75. The molecule has 0 amide bonds. The van der Waals surface area contributed by atoms with Gasteiger partial charge in [-0.05, 0) is 46.9 Å². The zero-order valence-corrected chi connectivity index (χ0v) is 14.6. The van der Waals surface area contributed by atoms with Gasteiger partial charge in [0.05, 0.1) is 11.4 Å². The van der Waals surface area contributed by atoms with E-state index in [1.807, 2.05) is 0 Å². The van der Waals surface area contributed by atoms with Crippen LogP contribution in [0.25, 0.3) is 0 Å². The first-order chi connectivity index (χ1) is 8.58. The van der Waals surface area contributed by atoms with Gasteiger partial charge >= 0.3 is 0 Å². The molecule has 0 spiro atoms. The fraction of sp³-hybridized carbons (Fsp3) is 0.786.